The number of hydrogen-bond donors (Lipinski definition) is 0. The lowest BCUT2D eigenvalue weighted by Crippen LogP contribution is -2.30. The van der Waals surface area contributed by atoms with Crippen molar-refractivity contribution in [3.8, 4) is 11.5 Å². The molecule has 0 bridgehead atoms. The summed E-state index contributed by atoms with van der Waals surface area (Å²) in [5.74, 6) is 1.75. The Labute approximate surface area is 155 Å². The number of carbonyl (C=O) groups is 1. The highest BCUT2D eigenvalue weighted by Crippen LogP contribution is 2.31. The second-order valence-corrected chi connectivity index (χ2v) is 6.63. The van der Waals surface area contributed by atoms with Crippen molar-refractivity contribution in [1.82, 2.24) is 9.80 Å². The van der Waals surface area contributed by atoms with Gasteiger partial charge in [-0.05, 0) is 55.8 Å². The quantitative estimate of drug-likeness (QED) is 0.548. The van der Waals surface area contributed by atoms with Crippen LogP contribution in [0.2, 0.25) is 0 Å². The third kappa shape index (κ3) is 4.31. The molecule has 1 aliphatic rings. The van der Waals surface area contributed by atoms with Crippen molar-refractivity contribution in [1.29, 1.82) is 0 Å². The van der Waals surface area contributed by atoms with Gasteiger partial charge in [0.1, 0.15) is 5.70 Å². The van der Waals surface area contributed by atoms with Gasteiger partial charge in [0.05, 0.1) is 13.2 Å². The molecule has 136 valence electrons. The number of carbonyl (C=O) groups excluding carboxylic acids is 1. The van der Waals surface area contributed by atoms with Crippen molar-refractivity contribution in [3.05, 3.63) is 29.5 Å². The third-order valence-corrected chi connectivity index (χ3v) is 4.30. The Kier molecular flexibility index (Phi) is 6.42. The van der Waals surface area contributed by atoms with Gasteiger partial charge < -0.3 is 14.4 Å². The minimum absolute atomic E-state index is 0.0758. The van der Waals surface area contributed by atoms with E-state index in [4.69, 9.17) is 21.7 Å². The molecule has 6 heteroatoms. The van der Waals surface area contributed by atoms with E-state index in [0.29, 0.717) is 42.2 Å². The van der Waals surface area contributed by atoms with Crippen LogP contribution in [0.5, 0.6) is 11.5 Å². The topological polar surface area (TPSA) is 42.0 Å². The van der Waals surface area contributed by atoms with Gasteiger partial charge in [-0.1, -0.05) is 19.9 Å². The largest absolute Gasteiger partial charge is 0.490 e. The molecule has 1 amide bonds. The molecule has 0 saturated carbocycles. The van der Waals surface area contributed by atoms with E-state index in [1.165, 1.54) is 0 Å². The fraction of sp³-hybridized carbons (Fsp3) is 0.474. The lowest BCUT2D eigenvalue weighted by Gasteiger charge is -2.15. The van der Waals surface area contributed by atoms with Crippen molar-refractivity contribution in [3.63, 3.8) is 0 Å². The van der Waals surface area contributed by atoms with Crippen molar-refractivity contribution >= 4 is 29.3 Å². The van der Waals surface area contributed by atoms with Gasteiger partial charge in [-0.3, -0.25) is 9.69 Å². The van der Waals surface area contributed by atoms with Gasteiger partial charge in [0.25, 0.3) is 5.91 Å². The van der Waals surface area contributed by atoms with Crippen LogP contribution in [0.25, 0.3) is 6.08 Å². The molecule has 5 nitrogen and oxygen atoms in total. The first kappa shape index (κ1) is 19.2. The van der Waals surface area contributed by atoms with Gasteiger partial charge in [0, 0.05) is 13.6 Å². The lowest BCUT2D eigenvalue weighted by molar-refractivity contribution is -0.122. The van der Waals surface area contributed by atoms with E-state index in [0.717, 1.165) is 11.3 Å². The molecule has 1 saturated heterocycles. The van der Waals surface area contributed by atoms with Crippen LogP contribution in [0, 0.1) is 5.92 Å². The van der Waals surface area contributed by atoms with Crippen molar-refractivity contribution < 1.29 is 14.3 Å². The minimum atomic E-state index is -0.0758. The van der Waals surface area contributed by atoms with E-state index in [2.05, 4.69) is 13.8 Å². The summed E-state index contributed by atoms with van der Waals surface area (Å²) < 4.78 is 11.5. The molecule has 1 fully saturated rings. The Morgan fingerprint density at radius 1 is 1.20 bits per heavy atom. The van der Waals surface area contributed by atoms with Gasteiger partial charge in [0.15, 0.2) is 16.6 Å². The standard InChI is InChI=1S/C19H26N2O3S/c1-6-21-18(22)15(20(5)19(21)25)10-14-8-9-16(24-12-13(3)4)17(11-14)23-7-2/h8-11,13H,6-7,12H2,1-5H3/b15-10+. The zero-order valence-electron chi connectivity index (χ0n) is 15.5. The van der Waals surface area contributed by atoms with Crippen LogP contribution in [0.3, 0.4) is 0 Å². The Balaban J connectivity index is 2.32. The summed E-state index contributed by atoms with van der Waals surface area (Å²) in [5, 5.41) is 0.528. The number of likely N-dealkylation sites (N-methyl/N-ethyl adjacent to an activating group) is 2. The fourth-order valence-corrected chi connectivity index (χ4v) is 2.82. The highest BCUT2D eigenvalue weighted by molar-refractivity contribution is 7.80. The van der Waals surface area contributed by atoms with Crippen LogP contribution in [0.1, 0.15) is 33.3 Å². The Morgan fingerprint density at radius 3 is 2.48 bits per heavy atom. The first-order chi connectivity index (χ1) is 11.9. The minimum Gasteiger partial charge on any atom is -0.490 e. The van der Waals surface area contributed by atoms with Crippen LogP contribution in [0.4, 0.5) is 0 Å². The van der Waals surface area contributed by atoms with E-state index in [9.17, 15) is 4.79 Å². The average molecular weight is 362 g/mol. The predicted octanol–water partition coefficient (Wildman–Crippen LogP) is 3.54. The molecule has 1 aromatic rings. The molecule has 0 spiro atoms. The van der Waals surface area contributed by atoms with E-state index < -0.39 is 0 Å². The zero-order valence-corrected chi connectivity index (χ0v) is 16.4. The fourth-order valence-electron chi connectivity index (χ4n) is 2.51. The molecular weight excluding hydrogens is 336 g/mol. The molecule has 1 aromatic carbocycles. The van der Waals surface area contributed by atoms with Crippen LogP contribution in [-0.4, -0.2) is 47.6 Å². The molecular formula is C19H26N2O3S. The Bertz CT molecular complexity index is 685. The van der Waals surface area contributed by atoms with Gasteiger partial charge >= 0.3 is 0 Å². The smallest absolute Gasteiger partial charge is 0.276 e. The van der Waals surface area contributed by atoms with E-state index >= 15 is 0 Å². The van der Waals surface area contributed by atoms with Gasteiger partial charge in [-0.15, -0.1) is 0 Å². The Hall–Kier alpha value is -2.08. The molecule has 0 unspecified atom stereocenters. The van der Waals surface area contributed by atoms with Gasteiger partial charge in [-0.25, -0.2) is 0 Å². The van der Waals surface area contributed by atoms with Gasteiger partial charge in [-0.2, -0.15) is 0 Å². The first-order valence-electron chi connectivity index (χ1n) is 8.59. The number of ether oxygens (including phenoxy) is 2. The SMILES string of the molecule is CCOc1cc(/C=C2\C(=O)N(CC)C(=S)N2C)ccc1OCC(C)C. The number of thiocarbonyl (C=S) groups is 1. The normalized spacial score (nSPS) is 16.3. The number of benzene rings is 1. The van der Waals surface area contributed by atoms with Crippen LogP contribution in [-0.2, 0) is 4.79 Å². The van der Waals surface area contributed by atoms with Crippen LogP contribution in [0.15, 0.2) is 23.9 Å². The maximum Gasteiger partial charge on any atom is 0.276 e. The molecule has 0 atom stereocenters. The second-order valence-electron chi connectivity index (χ2n) is 6.26. The molecule has 1 aliphatic heterocycles. The molecule has 25 heavy (non-hydrogen) atoms. The maximum atomic E-state index is 12.5. The monoisotopic (exact) mass is 362 g/mol. The van der Waals surface area contributed by atoms with E-state index in [-0.39, 0.29) is 5.91 Å². The molecule has 0 aromatic heterocycles. The average Bonchev–Trinajstić information content (AvgIpc) is 2.77. The van der Waals surface area contributed by atoms with Crippen molar-refractivity contribution in [2.75, 3.05) is 26.8 Å². The first-order valence-corrected chi connectivity index (χ1v) is 9.00. The summed E-state index contributed by atoms with van der Waals surface area (Å²) in [6.45, 7) is 9.78. The summed E-state index contributed by atoms with van der Waals surface area (Å²) in [6, 6.07) is 5.70. The highest BCUT2D eigenvalue weighted by atomic mass is 32.1. The molecule has 0 N–H and O–H groups in total. The lowest BCUT2D eigenvalue weighted by atomic mass is 10.1. The van der Waals surface area contributed by atoms with E-state index in [1.54, 1.807) is 9.80 Å². The number of amides is 1. The van der Waals surface area contributed by atoms with Crippen LogP contribution < -0.4 is 9.47 Å². The summed E-state index contributed by atoms with van der Waals surface area (Å²) >= 11 is 5.33. The molecule has 2 rings (SSSR count). The number of rotatable bonds is 7. The van der Waals surface area contributed by atoms with E-state index in [1.807, 2.05) is 45.2 Å². The summed E-state index contributed by atoms with van der Waals surface area (Å²) in [7, 11) is 1.81. The summed E-state index contributed by atoms with van der Waals surface area (Å²) in [6.07, 6.45) is 1.83. The molecule has 1 heterocycles. The second kappa shape index (κ2) is 8.34. The van der Waals surface area contributed by atoms with Crippen LogP contribution >= 0.6 is 12.2 Å². The zero-order chi connectivity index (χ0) is 18.6. The summed E-state index contributed by atoms with van der Waals surface area (Å²) in [5.41, 5.74) is 1.43. The van der Waals surface area contributed by atoms with Gasteiger partial charge in [0.2, 0.25) is 0 Å². The molecule has 0 radical (unpaired) electrons. The highest BCUT2D eigenvalue weighted by Gasteiger charge is 2.34. The molecule has 0 aliphatic carbocycles. The third-order valence-electron chi connectivity index (χ3n) is 3.80. The maximum absolute atomic E-state index is 12.5. The van der Waals surface area contributed by atoms with Crippen molar-refractivity contribution in [2.24, 2.45) is 5.92 Å². The predicted molar refractivity (Wildman–Crippen MR) is 104 cm³/mol. The number of hydrogen-bond acceptors (Lipinski definition) is 4. The Morgan fingerprint density at radius 2 is 1.92 bits per heavy atom. The van der Waals surface area contributed by atoms with Crippen molar-refractivity contribution in [2.45, 2.75) is 27.7 Å². The summed E-state index contributed by atoms with van der Waals surface area (Å²) in [4.78, 5) is 15.8. The number of nitrogens with zero attached hydrogens (tertiary/aromatic N) is 2.